The molecule has 0 radical (unpaired) electrons. The lowest BCUT2D eigenvalue weighted by Crippen LogP contribution is -1.86. The van der Waals surface area contributed by atoms with E-state index in [1.54, 1.807) is 0 Å². The fourth-order valence-electron chi connectivity index (χ4n) is 0.399. The lowest BCUT2D eigenvalue weighted by Gasteiger charge is -1.92. The summed E-state index contributed by atoms with van der Waals surface area (Å²) in [7, 11) is 0. The second-order valence-corrected chi connectivity index (χ2v) is 1.84. The van der Waals surface area contributed by atoms with E-state index in [0.717, 1.165) is 12.8 Å². The fourth-order valence-corrected chi connectivity index (χ4v) is 0.399. The largest absolute Gasteiger partial charge is 0.445 e. The molecule has 0 N–H and O–H groups in total. The van der Waals surface area contributed by atoms with Gasteiger partial charge in [-0.2, -0.15) is 0 Å². The van der Waals surface area contributed by atoms with Crippen molar-refractivity contribution in [2.75, 3.05) is 13.2 Å². The molecule has 0 fully saturated rings. The van der Waals surface area contributed by atoms with Gasteiger partial charge in [0.25, 0.3) is 0 Å². The molecule has 0 saturated heterocycles. The van der Waals surface area contributed by atoms with E-state index in [9.17, 15) is 0 Å². The molecule has 58 valence electrons. The predicted molar refractivity (Wildman–Crippen MR) is 40.3 cm³/mol. The van der Waals surface area contributed by atoms with Gasteiger partial charge >= 0.3 is 0 Å². The summed E-state index contributed by atoms with van der Waals surface area (Å²) >= 11 is 0. The summed E-state index contributed by atoms with van der Waals surface area (Å²) in [6.45, 7) is 5.32. The molecule has 2 heteroatoms. The molecule has 0 unspecified atom stereocenters. The van der Waals surface area contributed by atoms with Crippen LogP contribution in [0, 0.1) is 12.2 Å². The van der Waals surface area contributed by atoms with Crippen molar-refractivity contribution >= 4 is 0 Å². The van der Waals surface area contributed by atoms with Crippen molar-refractivity contribution in [1.82, 2.24) is 0 Å². The van der Waals surface area contributed by atoms with Gasteiger partial charge in [-0.05, 0) is 13.3 Å². The van der Waals surface area contributed by atoms with Gasteiger partial charge in [0.05, 0.1) is 6.61 Å². The highest BCUT2D eigenvalue weighted by atomic mass is 16.5. The van der Waals surface area contributed by atoms with E-state index in [1.165, 1.54) is 0 Å². The molecule has 0 aromatic rings. The first-order valence-electron chi connectivity index (χ1n) is 3.65. The maximum Gasteiger partial charge on any atom is 0.154 e. The average Bonchev–Trinajstić information content (AvgIpc) is 1.97. The highest BCUT2D eigenvalue weighted by Crippen LogP contribution is 1.85. The third-order valence-electron chi connectivity index (χ3n) is 0.930. The van der Waals surface area contributed by atoms with Gasteiger partial charge in [-0.3, -0.25) is 0 Å². The summed E-state index contributed by atoms with van der Waals surface area (Å²) in [5, 5.41) is 0. The summed E-state index contributed by atoms with van der Waals surface area (Å²) in [6.07, 6.45) is 7.06. The van der Waals surface area contributed by atoms with Crippen molar-refractivity contribution in [2.24, 2.45) is 0 Å². The summed E-state index contributed by atoms with van der Waals surface area (Å²) < 4.78 is 9.62. The molecule has 0 rings (SSSR count). The Morgan fingerprint density at radius 2 is 1.80 bits per heavy atom. The van der Waals surface area contributed by atoms with Gasteiger partial charge in [-0.1, -0.05) is 13.3 Å². The first kappa shape index (κ1) is 9.16. The molecule has 0 aliphatic carbocycles. The molecule has 2 nitrogen and oxygen atoms in total. The highest BCUT2D eigenvalue weighted by Gasteiger charge is 1.79. The first-order valence-corrected chi connectivity index (χ1v) is 3.65. The Hall–Kier alpha value is -0.840. The number of rotatable bonds is 4. The van der Waals surface area contributed by atoms with Crippen LogP contribution in [0.2, 0.25) is 0 Å². The van der Waals surface area contributed by atoms with Crippen LogP contribution < -0.4 is 0 Å². The Labute approximate surface area is 62.5 Å². The molecule has 0 spiro atoms. The molecular formula is C8H14O2. The van der Waals surface area contributed by atoms with Gasteiger partial charge in [0, 0.05) is 0 Å². The van der Waals surface area contributed by atoms with Crippen molar-refractivity contribution < 1.29 is 9.47 Å². The fraction of sp³-hybridized carbons (Fsp3) is 0.750. The quantitative estimate of drug-likeness (QED) is 0.440. The third-order valence-corrected chi connectivity index (χ3v) is 0.930. The Kier molecular flexibility index (Phi) is 7.47. The zero-order valence-electron chi connectivity index (χ0n) is 6.64. The van der Waals surface area contributed by atoms with Gasteiger partial charge in [0.15, 0.2) is 12.2 Å². The normalized spacial score (nSPS) is 7.80. The Morgan fingerprint density at radius 3 is 2.40 bits per heavy atom. The molecule has 0 aromatic heterocycles. The molecule has 0 aliphatic heterocycles. The predicted octanol–water partition coefficient (Wildman–Crippen LogP) is 1.76. The van der Waals surface area contributed by atoms with Crippen molar-refractivity contribution in [3.8, 4) is 12.2 Å². The zero-order valence-corrected chi connectivity index (χ0v) is 6.64. The van der Waals surface area contributed by atoms with Crippen molar-refractivity contribution in [1.29, 1.82) is 0 Å². The lowest BCUT2D eigenvalue weighted by molar-refractivity contribution is 0.251. The molecule has 0 atom stereocenters. The molecule has 0 amide bonds. The monoisotopic (exact) mass is 142 g/mol. The minimum atomic E-state index is 0.615. The van der Waals surface area contributed by atoms with Crippen LogP contribution in [0.25, 0.3) is 0 Å². The summed E-state index contributed by atoms with van der Waals surface area (Å²) in [4.78, 5) is 0. The van der Waals surface area contributed by atoms with Gasteiger partial charge in [-0.25, -0.2) is 0 Å². The van der Waals surface area contributed by atoms with Crippen LogP contribution in [0.4, 0.5) is 0 Å². The Bertz CT molecular complexity index is 110. The van der Waals surface area contributed by atoms with Crippen LogP contribution in [-0.4, -0.2) is 13.2 Å². The summed E-state index contributed by atoms with van der Waals surface area (Å²) in [5.74, 6) is 0. The minimum absolute atomic E-state index is 0.615. The zero-order chi connectivity index (χ0) is 7.66. The lowest BCUT2D eigenvalue weighted by atomic mass is 10.4. The molecular weight excluding hydrogens is 128 g/mol. The molecule has 0 heterocycles. The standard InChI is InChI=1S/C8H14O2/c1-3-5-6-10-8-7-9-4-2/h3-6H2,1-2H3. The van der Waals surface area contributed by atoms with Crippen LogP contribution in [-0.2, 0) is 9.47 Å². The summed E-state index contributed by atoms with van der Waals surface area (Å²) in [5.41, 5.74) is 0. The van der Waals surface area contributed by atoms with Crippen molar-refractivity contribution in [3.05, 3.63) is 0 Å². The number of hydrogen-bond acceptors (Lipinski definition) is 2. The van der Waals surface area contributed by atoms with Crippen LogP contribution in [0.5, 0.6) is 0 Å². The van der Waals surface area contributed by atoms with Crippen molar-refractivity contribution in [2.45, 2.75) is 26.7 Å². The van der Waals surface area contributed by atoms with Gasteiger partial charge in [0.1, 0.15) is 6.61 Å². The maximum atomic E-state index is 4.89. The maximum absolute atomic E-state index is 4.89. The SMILES string of the molecule is CCCCOC#COCC. The molecule has 10 heavy (non-hydrogen) atoms. The molecule has 0 bridgehead atoms. The van der Waals surface area contributed by atoms with Crippen molar-refractivity contribution in [3.63, 3.8) is 0 Å². The van der Waals surface area contributed by atoms with E-state index >= 15 is 0 Å². The highest BCUT2D eigenvalue weighted by molar-refractivity contribution is 4.80. The van der Waals surface area contributed by atoms with Crippen LogP contribution >= 0.6 is 0 Å². The van der Waals surface area contributed by atoms with E-state index in [4.69, 9.17) is 9.47 Å². The average molecular weight is 142 g/mol. The topological polar surface area (TPSA) is 18.5 Å². The van der Waals surface area contributed by atoms with Gasteiger partial charge in [-0.15, -0.1) is 0 Å². The van der Waals surface area contributed by atoms with E-state index in [2.05, 4.69) is 19.1 Å². The Morgan fingerprint density at radius 1 is 1.10 bits per heavy atom. The van der Waals surface area contributed by atoms with E-state index in [-0.39, 0.29) is 0 Å². The van der Waals surface area contributed by atoms with E-state index < -0.39 is 0 Å². The van der Waals surface area contributed by atoms with Gasteiger partial charge < -0.3 is 9.47 Å². The molecule has 0 aromatic carbocycles. The first-order chi connectivity index (χ1) is 4.91. The van der Waals surface area contributed by atoms with E-state index in [1.807, 2.05) is 6.92 Å². The number of ether oxygens (including phenoxy) is 2. The van der Waals surface area contributed by atoms with Crippen LogP contribution in [0.1, 0.15) is 26.7 Å². The smallest absolute Gasteiger partial charge is 0.154 e. The number of unbranched alkanes of at least 4 members (excludes halogenated alkanes) is 1. The minimum Gasteiger partial charge on any atom is -0.445 e. The number of hydrogen-bond donors (Lipinski definition) is 0. The second-order valence-electron chi connectivity index (χ2n) is 1.84. The second kappa shape index (κ2) is 8.16. The summed E-state index contributed by atoms with van der Waals surface area (Å²) in [6, 6.07) is 0. The van der Waals surface area contributed by atoms with Crippen LogP contribution in [0.3, 0.4) is 0 Å². The van der Waals surface area contributed by atoms with Gasteiger partial charge in [0.2, 0.25) is 0 Å². The Balaban J connectivity index is 2.96. The van der Waals surface area contributed by atoms with E-state index in [0.29, 0.717) is 13.2 Å². The van der Waals surface area contributed by atoms with Crippen LogP contribution in [0.15, 0.2) is 0 Å². The molecule has 0 aliphatic rings. The third kappa shape index (κ3) is 7.16. The molecule has 0 saturated carbocycles.